The van der Waals surface area contributed by atoms with Crippen LogP contribution in [0.1, 0.15) is 11.3 Å². The van der Waals surface area contributed by atoms with Crippen LogP contribution in [-0.2, 0) is 13.1 Å². The SMILES string of the molecule is CN(C)CCNCc1nn(Cc2c(F)cccc2Cl)nc1-c1ccccc1. The molecule has 0 aliphatic carbocycles. The van der Waals surface area contributed by atoms with Crippen molar-refractivity contribution in [2.24, 2.45) is 0 Å². The Hall–Kier alpha value is -2.28. The van der Waals surface area contributed by atoms with Crippen LogP contribution in [0.3, 0.4) is 0 Å². The van der Waals surface area contributed by atoms with Crippen LogP contribution < -0.4 is 5.32 Å². The normalized spacial score (nSPS) is 11.3. The average molecular weight is 388 g/mol. The second-order valence-corrected chi connectivity index (χ2v) is 6.98. The maximum absolute atomic E-state index is 14.1. The van der Waals surface area contributed by atoms with Crippen LogP contribution in [0.5, 0.6) is 0 Å². The summed E-state index contributed by atoms with van der Waals surface area (Å²) < 4.78 is 14.1. The number of aromatic nitrogens is 3. The molecule has 0 amide bonds. The summed E-state index contributed by atoms with van der Waals surface area (Å²) >= 11 is 6.15. The lowest BCUT2D eigenvalue weighted by atomic mass is 10.1. The first kappa shape index (κ1) is 19.5. The molecular weight excluding hydrogens is 365 g/mol. The maximum atomic E-state index is 14.1. The third kappa shape index (κ3) is 5.13. The summed E-state index contributed by atoms with van der Waals surface area (Å²) in [5.74, 6) is -0.355. The Labute approximate surface area is 163 Å². The Bertz CT molecular complexity index is 859. The highest BCUT2D eigenvalue weighted by Gasteiger charge is 2.15. The van der Waals surface area contributed by atoms with E-state index in [1.54, 1.807) is 12.1 Å². The summed E-state index contributed by atoms with van der Waals surface area (Å²) in [5, 5.41) is 12.9. The van der Waals surface area contributed by atoms with Gasteiger partial charge in [-0.3, -0.25) is 0 Å². The van der Waals surface area contributed by atoms with Gasteiger partial charge in [0.25, 0.3) is 0 Å². The van der Waals surface area contributed by atoms with E-state index in [0.29, 0.717) is 17.1 Å². The van der Waals surface area contributed by atoms with E-state index in [4.69, 9.17) is 11.6 Å². The minimum atomic E-state index is -0.355. The molecule has 0 aliphatic rings. The van der Waals surface area contributed by atoms with Crippen molar-refractivity contribution in [3.8, 4) is 11.3 Å². The molecule has 0 bridgehead atoms. The third-order valence-electron chi connectivity index (χ3n) is 4.16. The molecule has 0 fully saturated rings. The van der Waals surface area contributed by atoms with E-state index in [0.717, 1.165) is 30.0 Å². The van der Waals surface area contributed by atoms with Crippen molar-refractivity contribution in [3.63, 3.8) is 0 Å². The number of benzene rings is 2. The molecule has 0 unspecified atom stereocenters. The van der Waals surface area contributed by atoms with E-state index in [1.165, 1.54) is 10.9 Å². The largest absolute Gasteiger partial charge is 0.310 e. The van der Waals surface area contributed by atoms with E-state index >= 15 is 0 Å². The van der Waals surface area contributed by atoms with E-state index < -0.39 is 0 Å². The van der Waals surface area contributed by atoms with Gasteiger partial charge >= 0.3 is 0 Å². The maximum Gasteiger partial charge on any atom is 0.129 e. The molecule has 0 aliphatic heterocycles. The van der Waals surface area contributed by atoms with E-state index in [-0.39, 0.29) is 12.4 Å². The van der Waals surface area contributed by atoms with Crippen molar-refractivity contribution < 1.29 is 4.39 Å². The van der Waals surface area contributed by atoms with Gasteiger partial charge in [-0.15, -0.1) is 0 Å². The lowest BCUT2D eigenvalue weighted by Crippen LogP contribution is -2.26. The van der Waals surface area contributed by atoms with E-state index in [9.17, 15) is 4.39 Å². The summed E-state index contributed by atoms with van der Waals surface area (Å²) in [6.45, 7) is 2.54. The van der Waals surface area contributed by atoms with Crippen LogP contribution in [-0.4, -0.2) is 47.1 Å². The van der Waals surface area contributed by atoms with Crippen molar-refractivity contribution in [1.29, 1.82) is 0 Å². The number of rotatable bonds is 8. The van der Waals surface area contributed by atoms with Gasteiger partial charge in [0.1, 0.15) is 17.2 Å². The second-order valence-electron chi connectivity index (χ2n) is 6.57. The zero-order chi connectivity index (χ0) is 19.2. The monoisotopic (exact) mass is 387 g/mol. The number of likely N-dealkylation sites (N-methyl/N-ethyl adjacent to an activating group) is 1. The minimum Gasteiger partial charge on any atom is -0.310 e. The summed E-state index contributed by atoms with van der Waals surface area (Å²) in [4.78, 5) is 3.62. The molecule has 0 atom stereocenters. The number of nitrogens with one attached hydrogen (secondary N) is 1. The van der Waals surface area contributed by atoms with Crippen molar-refractivity contribution in [1.82, 2.24) is 25.2 Å². The van der Waals surface area contributed by atoms with Crippen LogP contribution in [0.2, 0.25) is 5.02 Å². The molecule has 2 aromatic carbocycles. The summed E-state index contributed by atoms with van der Waals surface area (Å²) in [6.07, 6.45) is 0. The van der Waals surface area contributed by atoms with Crippen molar-refractivity contribution in [3.05, 3.63) is 70.6 Å². The Kier molecular flexibility index (Phi) is 6.55. The van der Waals surface area contributed by atoms with Gasteiger partial charge in [0.15, 0.2) is 0 Å². The van der Waals surface area contributed by atoms with Gasteiger partial charge in [0, 0.05) is 35.8 Å². The van der Waals surface area contributed by atoms with Crippen LogP contribution in [0.4, 0.5) is 4.39 Å². The molecule has 142 valence electrons. The molecule has 27 heavy (non-hydrogen) atoms. The molecule has 1 aromatic heterocycles. The first-order valence-corrected chi connectivity index (χ1v) is 9.20. The zero-order valence-electron chi connectivity index (χ0n) is 15.5. The predicted molar refractivity (Wildman–Crippen MR) is 106 cm³/mol. The van der Waals surface area contributed by atoms with Gasteiger partial charge in [-0.2, -0.15) is 15.0 Å². The van der Waals surface area contributed by atoms with Crippen LogP contribution >= 0.6 is 11.6 Å². The average Bonchev–Trinajstić information content (AvgIpc) is 3.05. The summed E-state index contributed by atoms with van der Waals surface area (Å²) in [5.41, 5.74) is 2.99. The highest BCUT2D eigenvalue weighted by Crippen LogP contribution is 2.23. The number of hydrogen-bond acceptors (Lipinski definition) is 4. The molecule has 0 radical (unpaired) electrons. The second kappa shape index (κ2) is 9.08. The molecule has 5 nitrogen and oxygen atoms in total. The van der Waals surface area contributed by atoms with Gasteiger partial charge in [0.2, 0.25) is 0 Å². The summed E-state index contributed by atoms with van der Waals surface area (Å²) in [6, 6.07) is 14.5. The van der Waals surface area contributed by atoms with Crippen LogP contribution in [0.25, 0.3) is 11.3 Å². The summed E-state index contributed by atoms with van der Waals surface area (Å²) in [7, 11) is 4.07. The Morgan fingerprint density at radius 2 is 1.85 bits per heavy atom. The fourth-order valence-electron chi connectivity index (χ4n) is 2.73. The first-order chi connectivity index (χ1) is 13.0. The van der Waals surface area contributed by atoms with Crippen molar-refractivity contribution in [2.75, 3.05) is 27.2 Å². The van der Waals surface area contributed by atoms with Crippen molar-refractivity contribution in [2.45, 2.75) is 13.1 Å². The highest BCUT2D eigenvalue weighted by molar-refractivity contribution is 6.31. The van der Waals surface area contributed by atoms with Gasteiger partial charge in [-0.05, 0) is 26.2 Å². The van der Waals surface area contributed by atoms with Gasteiger partial charge < -0.3 is 10.2 Å². The standard InChI is InChI=1S/C20H23ClFN5/c1-26(2)12-11-23-13-19-20(15-7-4-3-5-8-15)25-27(24-19)14-16-17(21)9-6-10-18(16)22/h3-10,23H,11-14H2,1-2H3. The van der Waals surface area contributed by atoms with Gasteiger partial charge in [-0.1, -0.05) is 48.0 Å². The topological polar surface area (TPSA) is 46.0 Å². The van der Waals surface area contributed by atoms with Gasteiger partial charge in [0.05, 0.1) is 6.54 Å². The lowest BCUT2D eigenvalue weighted by Gasteiger charge is -2.09. The molecule has 1 N–H and O–H groups in total. The Balaban J connectivity index is 1.85. The molecule has 0 saturated carbocycles. The van der Waals surface area contributed by atoms with Crippen molar-refractivity contribution >= 4 is 11.6 Å². The Morgan fingerprint density at radius 1 is 1.07 bits per heavy atom. The van der Waals surface area contributed by atoms with Gasteiger partial charge in [-0.25, -0.2) is 4.39 Å². The van der Waals surface area contributed by atoms with E-state index in [1.807, 2.05) is 44.4 Å². The molecular formula is C20H23ClFN5. The molecule has 3 aromatic rings. The van der Waals surface area contributed by atoms with Crippen LogP contribution in [0.15, 0.2) is 48.5 Å². The third-order valence-corrected chi connectivity index (χ3v) is 4.52. The van der Waals surface area contributed by atoms with Crippen LogP contribution in [0, 0.1) is 5.82 Å². The molecule has 3 rings (SSSR count). The molecule has 7 heteroatoms. The molecule has 0 saturated heterocycles. The zero-order valence-corrected chi connectivity index (χ0v) is 16.2. The quantitative estimate of drug-likeness (QED) is 0.601. The lowest BCUT2D eigenvalue weighted by molar-refractivity contribution is 0.399. The van der Waals surface area contributed by atoms with E-state index in [2.05, 4.69) is 20.4 Å². The minimum absolute atomic E-state index is 0.184. The number of hydrogen-bond donors (Lipinski definition) is 1. The molecule has 0 spiro atoms. The predicted octanol–water partition coefficient (Wildman–Crippen LogP) is 3.44. The smallest absolute Gasteiger partial charge is 0.129 e. The molecule has 1 heterocycles. The first-order valence-electron chi connectivity index (χ1n) is 8.82. The number of nitrogens with zero attached hydrogens (tertiary/aromatic N) is 4. The fourth-order valence-corrected chi connectivity index (χ4v) is 2.95. The Morgan fingerprint density at radius 3 is 2.56 bits per heavy atom. The number of halogens is 2. The fraction of sp³-hybridized carbons (Fsp3) is 0.300. The highest BCUT2D eigenvalue weighted by atomic mass is 35.5.